The summed E-state index contributed by atoms with van der Waals surface area (Å²) < 4.78 is 5.91. The Morgan fingerprint density at radius 3 is 2.35 bits per heavy atom. The van der Waals surface area contributed by atoms with Crippen LogP contribution in [0.15, 0.2) is 5.16 Å². The van der Waals surface area contributed by atoms with Gasteiger partial charge in [-0.1, -0.05) is 27.2 Å². The van der Waals surface area contributed by atoms with Gasteiger partial charge in [0.25, 0.3) is 8.32 Å². The molecule has 0 N–H and O–H groups in total. The summed E-state index contributed by atoms with van der Waals surface area (Å²) in [5, 5.41) is 4.61. The molecule has 0 spiro atoms. The van der Waals surface area contributed by atoms with E-state index in [1.165, 1.54) is 12.8 Å². The van der Waals surface area contributed by atoms with E-state index in [-0.39, 0.29) is 9.91 Å². The van der Waals surface area contributed by atoms with Crippen LogP contribution in [0.2, 0.25) is 18.1 Å². The lowest BCUT2D eigenvalue weighted by atomic mass is 9.88. The van der Waals surface area contributed by atoms with E-state index in [1.54, 1.807) is 0 Å². The van der Waals surface area contributed by atoms with Crippen molar-refractivity contribution >= 4 is 25.6 Å². The Labute approximate surface area is 112 Å². The van der Waals surface area contributed by atoms with Crippen LogP contribution in [0, 0.1) is 0 Å². The molecule has 1 atom stereocenters. The quantitative estimate of drug-likeness (QED) is 0.398. The average molecular weight is 276 g/mol. The van der Waals surface area contributed by atoms with Gasteiger partial charge in [-0.15, -0.1) is 16.8 Å². The molecule has 0 radical (unpaired) electrons. The maximum Gasteiger partial charge on any atom is 0.286 e. The minimum atomic E-state index is -1.80. The van der Waals surface area contributed by atoms with Crippen LogP contribution < -0.4 is 0 Å². The highest BCUT2D eigenvalue weighted by molar-refractivity contribution is 6.74. The van der Waals surface area contributed by atoms with E-state index in [1.807, 2.05) is 0 Å². The standard InChI is InChI=1S/C13H26ClNOSi/c1-12(2,3)17(5,6)16-15-11-9-7-8-10-13(11,4)14/h7-10H2,1-6H3. The zero-order chi connectivity index (χ0) is 13.3. The number of hydrogen-bond acceptors (Lipinski definition) is 2. The molecule has 0 aromatic rings. The Morgan fingerprint density at radius 2 is 1.88 bits per heavy atom. The summed E-state index contributed by atoms with van der Waals surface area (Å²) in [7, 11) is -1.80. The maximum atomic E-state index is 6.49. The lowest BCUT2D eigenvalue weighted by molar-refractivity contribution is 0.302. The molecule has 1 rings (SSSR count). The number of halogens is 1. The Balaban J connectivity index is 2.77. The normalized spacial score (nSPS) is 29.5. The van der Waals surface area contributed by atoms with Crippen LogP contribution >= 0.6 is 11.6 Å². The van der Waals surface area contributed by atoms with Crippen molar-refractivity contribution in [1.82, 2.24) is 0 Å². The lowest BCUT2D eigenvalue weighted by Gasteiger charge is -2.35. The van der Waals surface area contributed by atoms with Crippen molar-refractivity contribution in [2.24, 2.45) is 5.16 Å². The first-order valence-corrected chi connectivity index (χ1v) is 9.79. The molecule has 1 aliphatic carbocycles. The third-order valence-corrected chi connectivity index (χ3v) is 8.67. The number of oxime groups is 1. The van der Waals surface area contributed by atoms with Crippen LogP contribution in [0.25, 0.3) is 0 Å². The highest BCUT2D eigenvalue weighted by Gasteiger charge is 2.40. The lowest BCUT2D eigenvalue weighted by Crippen LogP contribution is -2.41. The predicted octanol–water partition coefficient (Wildman–Crippen LogP) is 4.94. The molecule has 0 amide bonds. The third kappa shape index (κ3) is 3.72. The van der Waals surface area contributed by atoms with Crippen molar-refractivity contribution in [3.05, 3.63) is 0 Å². The van der Waals surface area contributed by atoms with Gasteiger partial charge in [0.1, 0.15) is 0 Å². The van der Waals surface area contributed by atoms with Crippen LogP contribution in [0.4, 0.5) is 0 Å². The molecular formula is C13H26ClNOSi. The SMILES string of the molecule is CC1(Cl)CCCCC1=NO[Si](C)(C)C(C)(C)C. The molecule has 2 nitrogen and oxygen atoms in total. The van der Waals surface area contributed by atoms with Gasteiger partial charge < -0.3 is 4.53 Å². The van der Waals surface area contributed by atoms with Gasteiger partial charge in [-0.05, 0) is 44.3 Å². The fourth-order valence-corrected chi connectivity index (χ4v) is 2.48. The van der Waals surface area contributed by atoms with E-state index >= 15 is 0 Å². The summed E-state index contributed by atoms with van der Waals surface area (Å²) in [5.74, 6) is 0. The Hall–Kier alpha value is -0.0231. The zero-order valence-electron chi connectivity index (χ0n) is 12.1. The minimum absolute atomic E-state index is 0.189. The molecule has 1 aliphatic rings. The van der Waals surface area contributed by atoms with E-state index in [9.17, 15) is 0 Å². The van der Waals surface area contributed by atoms with E-state index in [0.717, 1.165) is 18.6 Å². The number of alkyl halides is 1. The first kappa shape index (κ1) is 15.0. The van der Waals surface area contributed by atoms with Crippen molar-refractivity contribution in [1.29, 1.82) is 0 Å². The number of hydrogen-bond donors (Lipinski definition) is 0. The van der Waals surface area contributed by atoms with Crippen LogP contribution in [0.5, 0.6) is 0 Å². The third-order valence-electron chi connectivity index (χ3n) is 4.10. The maximum absolute atomic E-state index is 6.49. The Kier molecular flexibility index (Phi) is 4.36. The largest absolute Gasteiger partial charge is 0.455 e. The van der Waals surface area contributed by atoms with Gasteiger partial charge in [0.2, 0.25) is 0 Å². The molecule has 0 aromatic heterocycles. The highest BCUT2D eigenvalue weighted by atomic mass is 35.5. The van der Waals surface area contributed by atoms with Gasteiger partial charge >= 0.3 is 0 Å². The second kappa shape index (κ2) is 4.92. The highest BCUT2D eigenvalue weighted by Crippen LogP contribution is 2.38. The van der Waals surface area contributed by atoms with Crippen molar-refractivity contribution < 1.29 is 4.53 Å². The Bertz CT molecular complexity index is 305. The molecule has 0 aliphatic heterocycles. The smallest absolute Gasteiger partial charge is 0.286 e. The average Bonchev–Trinajstić information content (AvgIpc) is 2.13. The molecule has 0 bridgehead atoms. The fourth-order valence-electron chi connectivity index (χ4n) is 1.60. The molecule has 1 unspecified atom stereocenters. The van der Waals surface area contributed by atoms with Crippen molar-refractivity contribution in [2.75, 3.05) is 0 Å². The molecule has 4 heteroatoms. The Morgan fingerprint density at radius 1 is 1.29 bits per heavy atom. The van der Waals surface area contributed by atoms with Crippen LogP contribution in [-0.4, -0.2) is 18.9 Å². The van der Waals surface area contributed by atoms with E-state index in [2.05, 4.69) is 45.9 Å². The molecule has 0 aromatic carbocycles. The van der Waals surface area contributed by atoms with Crippen LogP contribution in [0.3, 0.4) is 0 Å². The fraction of sp³-hybridized carbons (Fsp3) is 0.923. The van der Waals surface area contributed by atoms with Gasteiger partial charge in [0.15, 0.2) is 0 Å². The molecule has 17 heavy (non-hydrogen) atoms. The van der Waals surface area contributed by atoms with E-state index in [0.29, 0.717) is 0 Å². The first-order chi connectivity index (χ1) is 7.56. The monoisotopic (exact) mass is 275 g/mol. The molecule has 100 valence electrons. The second-order valence-electron chi connectivity index (χ2n) is 6.79. The topological polar surface area (TPSA) is 21.6 Å². The summed E-state index contributed by atoms with van der Waals surface area (Å²) in [4.78, 5) is -0.291. The second-order valence-corrected chi connectivity index (χ2v) is 12.3. The molecule has 0 heterocycles. The van der Waals surface area contributed by atoms with Gasteiger partial charge in [0, 0.05) is 0 Å². The number of rotatable bonds is 2. The number of nitrogens with zero attached hydrogens (tertiary/aromatic N) is 1. The van der Waals surface area contributed by atoms with Gasteiger partial charge in [-0.3, -0.25) is 0 Å². The van der Waals surface area contributed by atoms with Crippen molar-refractivity contribution in [2.45, 2.75) is 76.4 Å². The van der Waals surface area contributed by atoms with Crippen molar-refractivity contribution in [3.8, 4) is 0 Å². The van der Waals surface area contributed by atoms with E-state index < -0.39 is 8.32 Å². The summed E-state index contributed by atoms with van der Waals surface area (Å²) >= 11 is 6.49. The molecule has 1 saturated carbocycles. The predicted molar refractivity (Wildman–Crippen MR) is 78.4 cm³/mol. The summed E-state index contributed by atoms with van der Waals surface area (Å²) in [6.07, 6.45) is 4.37. The van der Waals surface area contributed by atoms with Crippen molar-refractivity contribution in [3.63, 3.8) is 0 Å². The van der Waals surface area contributed by atoms with Gasteiger partial charge in [0.05, 0.1) is 10.6 Å². The molecule has 0 saturated heterocycles. The first-order valence-electron chi connectivity index (χ1n) is 6.51. The summed E-state index contributed by atoms with van der Waals surface area (Å²) in [5.41, 5.74) is 1.04. The minimum Gasteiger partial charge on any atom is -0.455 e. The van der Waals surface area contributed by atoms with Crippen LogP contribution in [-0.2, 0) is 4.53 Å². The summed E-state index contributed by atoms with van der Waals surface area (Å²) in [6, 6.07) is 0. The summed E-state index contributed by atoms with van der Waals surface area (Å²) in [6.45, 7) is 13.2. The van der Waals surface area contributed by atoms with E-state index in [4.69, 9.17) is 16.1 Å². The van der Waals surface area contributed by atoms with Gasteiger partial charge in [-0.25, -0.2) is 0 Å². The van der Waals surface area contributed by atoms with Gasteiger partial charge in [-0.2, -0.15) is 0 Å². The molecule has 1 fully saturated rings. The zero-order valence-corrected chi connectivity index (χ0v) is 13.8. The molecular weight excluding hydrogens is 250 g/mol. The van der Waals surface area contributed by atoms with Crippen LogP contribution in [0.1, 0.15) is 53.4 Å².